The maximum absolute atomic E-state index is 12.9. The van der Waals surface area contributed by atoms with Crippen LogP contribution < -0.4 is 9.64 Å². The number of rotatable bonds is 7. The van der Waals surface area contributed by atoms with Crippen LogP contribution in [-0.2, 0) is 11.3 Å². The molecule has 0 saturated carbocycles. The number of carbonyl (C=O) groups is 1. The van der Waals surface area contributed by atoms with Crippen molar-refractivity contribution < 1.29 is 28.7 Å². The van der Waals surface area contributed by atoms with Crippen molar-refractivity contribution >= 4 is 16.9 Å². The van der Waals surface area contributed by atoms with Crippen molar-refractivity contribution in [1.82, 2.24) is 0 Å². The van der Waals surface area contributed by atoms with Gasteiger partial charge in [0.2, 0.25) is 0 Å². The van der Waals surface area contributed by atoms with E-state index in [-0.39, 0.29) is 19.0 Å². The summed E-state index contributed by atoms with van der Waals surface area (Å²) in [5.41, 5.74) is 1.75. The summed E-state index contributed by atoms with van der Waals surface area (Å²) in [6, 6.07) is 12.8. The van der Waals surface area contributed by atoms with Gasteiger partial charge in [-0.1, -0.05) is 25.1 Å². The van der Waals surface area contributed by atoms with Crippen LogP contribution in [0.15, 0.2) is 46.9 Å². The minimum absolute atomic E-state index is 0.128. The highest BCUT2D eigenvalue weighted by atomic mass is 16.6. The maximum atomic E-state index is 12.9. The first-order valence-electron chi connectivity index (χ1n) is 11.0. The van der Waals surface area contributed by atoms with Gasteiger partial charge in [0.25, 0.3) is 0 Å². The number of nitrogens with one attached hydrogen (secondary N) is 1. The average Bonchev–Trinajstić information content (AvgIpc) is 3.11. The van der Waals surface area contributed by atoms with Gasteiger partial charge in [-0.3, -0.25) is 0 Å². The third kappa shape index (κ3) is 4.85. The molecule has 0 spiro atoms. The van der Waals surface area contributed by atoms with E-state index in [1.165, 1.54) is 17.7 Å². The van der Waals surface area contributed by atoms with E-state index in [1.54, 1.807) is 19.1 Å². The molecule has 2 aromatic carbocycles. The Hall–Kier alpha value is -2.99. The monoisotopic (exact) mass is 424 g/mol. The minimum atomic E-state index is -0.456. The van der Waals surface area contributed by atoms with Gasteiger partial charge in [-0.15, -0.1) is 0 Å². The van der Waals surface area contributed by atoms with Crippen LogP contribution in [0.1, 0.15) is 41.4 Å². The molecule has 0 unspecified atom stereocenters. The zero-order valence-corrected chi connectivity index (χ0v) is 18.1. The summed E-state index contributed by atoms with van der Waals surface area (Å²) in [6.45, 7) is 7.21. The number of hydrogen-bond donors (Lipinski definition) is 2. The number of esters is 1. The van der Waals surface area contributed by atoms with Crippen molar-refractivity contribution in [2.24, 2.45) is 5.92 Å². The summed E-state index contributed by atoms with van der Waals surface area (Å²) in [5.74, 6) is 1.71. The molecule has 0 radical (unpaired) electrons. The molecule has 3 aromatic rings. The van der Waals surface area contributed by atoms with Crippen molar-refractivity contribution in [3.8, 4) is 11.5 Å². The Morgan fingerprint density at radius 3 is 2.61 bits per heavy atom. The van der Waals surface area contributed by atoms with Crippen LogP contribution in [0.3, 0.4) is 0 Å². The Morgan fingerprint density at radius 2 is 1.87 bits per heavy atom. The van der Waals surface area contributed by atoms with E-state index < -0.39 is 5.97 Å². The van der Waals surface area contributed by atoms with Crippen molar-refractivity contribution in [2.45, 2.75) is 33.2 Å². The van der Waals surface area contributed by atoms with Crippen molar-refractivity contribution in [3.05, 3.63) is 59.4 Å². The molecule has 1 fully saturated rings. The molecule has 1 aromatic heterocycles. The van der Waals surface area contributed by atoms with Crippen LogP contribution in [0.25, 0.3) is 11.0 Å². The molecule has 1 aliphatic rings. The number of fused-ring (bicyclic) bond motifs is 1. The number of furan rings is 1. The number of para-hydroxylation sites is 1. The lowest BCUT2D eigenvalue weighted by molar-refractivity contribution is -0.919. The largest absolute Gasteiger partial charge is 0.507 e. The fourth-order valence-corrected chi connectivity index (χ4v) is 4.27. The number of piperidine rings is 1. The topological polar surface area (TPSA) is 73.3 Å². The van der Waals surface area contributed by atoms with Crippen LogP contribution in [0.5, 0.6) is 11.5 Å². The second kappa shape index (κ2) is 9.43. The lowest BCUT2D eigenvalue weighted by Crippen LogP contribution is -3.11. The van der Waals surface area contributed by atoms with Crippen molar-refractivity contribution in [2.75, 3.05) is 26.3 Å². The summed E-state index contributed by atoms with van der Waals surface area (Å²) in [5, 5.41) is 11.3. The molecule has 31 heavy (non-hydrogen) atoms. The summed E-state index contributed by atoms with van der Waals surface area (Å²) >= 11 is 0. The van der Waals surface area contributed by atoms with Gasteiger partial charge < -0.3 is 23.9 Å². The summed E-state index contributed by atoms with van der Waals surface area (Å²) in [6.07, 6.45) is 2.35. The Kier molecular flexibility index (Phi) is 6.47. The third-order valence-corrected chi connectivity index (χ3v) is 6.06. The number of benzene rings is 2. The van der Waals surface area contributed by atoms with Gasteiger partial charge in [-0.25, -0.2) is 4.79 Å². The molecule has 4 rings (SSSR count). The fourth-order valence-electron chi connectivity index (χ4n) is 4.27. The maximum Gasteiger partial charge on any atom is 0.342 e. The van der Waals surface area contributed by atoms with Gasteiger partial charge in [0.1, 0.15) is 48.2 Å². The van der Waals surface area contributed by atoms with Crippen LogP contribution in [0, 0.1) is 12.8 Å². The van der Waals surface area contributed by atoms with Gasteiger partial charge in [0.15, 0.2) is 0 Å². The molecule has 6 heteroatoms. The summed E-state index contributed by atoms with van der Waals surface area (Å²) in [7, 11) is 0. The Bertz CT molecular complexity index is 1030. The predicted octanol–water partition coefficient (Wildman–Crippen LogP) is 3.50. The molecule has 0 amide bonds. The first-order chi connectivity index (χ1) is 15.0. The van der Waals surface area contributed by atoms with Crippen LogP contribution in [-0.4, -0.2) is 37.4 Å². The Balaban J connectivity index is 1.50. The SMILES string of the molecule is Cc1oc2ccc(O)c(C[NH+]3CCC(C)CC3)c2c1C(=O)OCCOc1ccccc1. The smallest absolute Gasteiger partial charge is 0.342 e. The number of aryl methyl sites for hydroxylation is 1. The molecular formula is C25H30NO5+. The van der Waals surface area contributed by atoms with Gasteiger partial charge in [0.05, 0.1) is 18.7 Å². The zero-order valence-electron chi connectivity index (χ0n) is 18.1. The number of quaternary nitrogens is 1. The van der Waals surface area contributed by atoms with E-state index in [0.29, 0.717) is 28.8 Å². The average molecular weight is 425 g/mol. The second-order valence-corrected chi connectivity index (χ2v) is 8.38. The highest BCUT2D eigenvalue weighted by Gasteiger charge is 2.27. The highest BCUT2D eigenvalue weighted by Crippen LogP contribution is 2.34. The Labute approximate surface area is 182 Å². The van der Waals surface area contributed by atoms with Gasteiger partial charge in [0, 0.05) is 5.39 Å². The standard InChI is InChI=1S/C25H29NO5/c1-17-10-12-26(13-11-17)16-20-21(27)8-9-22-24(20)23(18(2)31-22)25(28)30-15-14-29-19-6-4-3-5-7-19/h3-9,17,27H,10-16H2,1-2H3/p+1. The van der Waals surface area contributed by atoms with Gasteiger partial charge in [-0.05, 0) is 49.9 Å². The highest BCUT2D eigenvalue weighted by molar-refractivity contribution is 6.06. The first kappa shape index (κ1) is 21.2. The quantitative estimate of drug-likeness (QED) is 0.449. The van der Waals surface area contributed by atoms with E-state index in [2.05, 4.69) is 6.92 Å². The molecule has 2 heterocycles. The van der Waals surface area contributed by atoms with E-state index in [4.69, 9.17) is 13.9 Å². The lowest BCUT2D eigenvalue weighted by atomic mass is 9.97. The van der Waals surface area contributed by atoms with Gasteiger partial charge >= 0.3 is 5.97 Å². The van der Waals surface area contributed by atoms with E-state index in [1.807, 2.05) is 30.3 Å². The first-order valence-corrected chi connectivity index (χ1v) is 11.0. The number of phenolic OH excluding ortho intramolecular Hbond substituents is 1. The van der Waals surface area contributed by atoms with Crippen LogP contribution in [0.4, 0.5) is 0 Å². The van der Waals surface area contributed by atoms with Gasteiger partial charge in [-0.2, -0.15) is 0 Å². The lowest BCUT2D eigenvalue weighted by Gasteiger charge is -2.27. The molecule has 0 atom stereocenters. The molecule has 6 nitrogen and oxygen atoms in total. The summed E-state index contributed by atoms with van der Waals surface area (Å²) in [4.78, 5) is 14.3. The summed E-state index contributed by atoms with van der Waals surface area (Å²) < 4.78 is 16.9. The van der Waals surface area contributed by atoms with E-state index >= 15 is 0 Å². The molecular weight excluding hydrogens is 394 g/mol. The second-order valence-electron chi connectivity index (χ2n) is 8.38. The number of carbonyl (C=O) groups excluding carboxylic acids is 1. The Morgan fingerprint density at radius 1 is 1.13 bits per heavy atom. The van der Waals surface area contributed by atoms with Crippen LogP contribution in [0.2, 0.25) is 0 Å². The molecule has 0 bridgehead atoms. The molecule has 1 aliphatic heterocycles. The van der Waals surface area contributed by atoms with Crippen molar-refractivity contribution in [1.29, 1.82) is 0 Å². The molecule has 164 valence electrons. The molecule has 2 N–H and O–H groups in total. The number of phenols is 1. The van der Waals surface area contributed by atoms with Crippen LogP contribution >= 0.6 is 0 Å². The number of ether oxygens (including phenoxy) is 2. The zero-order chi connectivity index (χ0) is 21.8. The third-order valence-electron chi connectivity index (χ3n) is 6.06. The van der Waals surface area contributed by atoms with Crippen molar-refractivity contribution in [3.63, 3.8) is 0 Å². The van der Waals surface area contributed by atoms with E-state index in [9.17, 15) is 9.90 Å². The fraction of sp³-hybridized carbons (Fsp3) is 0.400. The predicted molar refractivity (Wildman–Crippen MR) is 118 cm³/mol. The number of hydrogen-bond acceptors (Lipinski definition) is 5. The molecule has 1 saturated heterocycles. The van der Waals surface area contributed by atoms with E-state index in [0.717, 1.165) is 30.3 Å². The number of likely N-dealkylation sites (tertiary alicyclic amines) is 1. The normalized spacial score (nSPS) is 18.8. The minimum Gasteiger partial charge on any atom is -0.507 e. The molecule has 0 aliphatic carbocycles. The number of aromatic hydroxyl groups is 1.